The normalized spacial score (nSPS) is 12.8. The number of imidazole rings is 1. The number of aromatic nitrogens is 2. The third-order valence-electron chi connectivity index (χ3n) is 6.13. The van der Waals surface area contributed by atoms with Crippen LogP contribution < -0.4 is 10.1 Å². The number of esters is 1. The van der Waals surface area contributed by atoms with E-state index in [9.17, 15) is 22.4 Å². The van der Waals surface area contributed by atoms with Crippen molar-refractivity contribution in [3.8, 4) is 5.75 Å². The lowest BCUT2D eigenvalue weighted by Gasteiger charge is -2.24. The van der Waals surface area contributed by atoms with Gasteiger partial charge in [-0.25, -0.2) is 14.2 Å². The fraction of sp³-hybridized carbons (Fsp3) is 0.407. The van der Waals surface area contributed by atoms with Crippen LogP contribution in [0.5, 0.6) is 5.75 Å². The quantitative estimate of drug-likeness (QED) is 0.101. The molecule has 1 unspecified atom stereocenters. The second-order valence-electron chi connectivity index (χ2n) is 10.3. The Bertz CT molecular complexity index is 1330. The molecule has 0 aliphatic rings. The summed E-state index contributed by atoms with van der Waals surface area (Å²) >= 11 is 3.33. The maximum atomic E-state index is 14.5. The number of nitrogens with zero attached hydrogens (tertiary/aromatic N) is 2. The molecule has 0 aliphatic heterocycles. The summed E-state index contributed by atoms with van der Waals surface area (Å²) in [5.41, 5.74) is -0.0160. The molecule has 0 aliphatic carbocycles. The Kier molecular flexibility index (Phi) is 10.6. The number of nitrogens with one attached hydrogen (secondary N) is 1. The van der Waals surface area contributed by atoms with Crippen molar-refractivity contribution in [3.63, 3.8) is 0 Å². The van der Waals surface area contributed by atoms with Crippen LogP contribution in [0.3, 0.4) is 0 Å². The maximum absolute atomic E-state index is 14.5. The lowest BCUT2D eigenvalue weighted by molar-refractivity contribution is -0.146. The van der Waals surface area contributed by atoms with E-state index in [1.807, 2.05) is 0 Å². The minimum absolute atomic E-state index is 0.00669. The van der Waals surface area contributed by atoms with Gasteiger partial charge in [0.15, 0.2) is 0 Å². The molecule has 0 saturated carbocycles. The van der Waals surface area contributed by atoms with E-state index >= 15 is 0 Å². The van der Waals surface area contributed by atoms with Crippen molar-refractivity contribution in [2.24, 2.45) is 0 Å². The van der Waals surface area contributed by atoms with Crippen molar-refractivity contribution in [2.75, 3.05) is 20.8 Å². The van der Waals surface area contributed by atoms with E-state index in [-0.39, 0.29) is 35.9 Å². The first-order chi connectivity index (χ1) is 18.7. The smallest absolute Gasteiger partial charge is 0.433 e. The van der Waals surface area contributed by atoms with Crippen molar-refractivity contribution in [1.29, 1.82) is 0 Å². The first kappa shape index (κ1) is 31.8. The lowest BCUT2D eigenvalue weighted by Crippen LogP contribution is -2.29. The zero-order valence-electron chi connectivity index (χ0n) is 22.9. The van der Waals surface area contributed by atoms with Gasteiger partial charge in [0.05, 0.1) is 32.0 Å². The van der Waals surface area contributed by atoms with E-state index in [4.69, 9.17) is 14.2 Å². The zero-order valence-corrected chi connectivity index (χ0v) is 25.5. The van der Waals surface area contributed by atoms with Gasteiger partial charge >= 0.3 is 12.1 Å². The number of carbonyl (C=O) groups is 1. The molecule has 218 valence electrons. The molecule has 7 nitrogen and oxygen atoms in total. The summed E-state index contributed by atoms with van der Waals surface area (Å²) in [6, 6.07) is 8.42. The standard InChI is InChI=1S/C27H32BrF4N3O4Si/c1-37-22-9-8-19(29)13-21(22)24(33-14-17-6-7-18(28)12-20(17)26(36)38-2)25-34-15-23(27(30,31)32)35(25)16-39-10-11-40(3,4)5/h6-9,12-13,15,24,33H,10-11,14,16H2,1-5H3. The number of rotatable bonds is 12. The average Bonchev–Trinajstić information content (AvgIpc) is 3.31. The predicted octanol–water partition coefficient (Wildman–Crippen LogP) is 6.79. The molecule has 1 heterocycles. The van der Waals surface area contributed by atoms with Gasteiger partial charge in [0.1, 0.15) is 29.8 Å². The number of methoxy groups -OCH3 is 2. The number of benzene rings is 2. The fourth-order valence-corrected chi connectivity index (χ4v) is 5.12. The maximum Gasteiger partial charge on any atom is 0.433 e. The summed E-state index contributed by atoms with van der Waals surface area (Å²) in [6.45, 7) is 6.30. The minimum Gasteiger partial charge on any atom is -0.496 e. The third kappa shape index (κ3) is 8.15. The first-order valence-corrected chi connectivity index (χ1v) is 16.9. The highest BCUT2D eigenvalue weighted by Gasteiger charge is 2.38. The largest absolute Gasteiger partial charge is 0.496 e. The van der Waals surface area contributed by atoms with E-state index in [2.05, 4.69) is 45.9 Å². The van der Waals surface area contributed by atoms with Crippen LogP contribution in [0.2, 0.25) is 25.7 Å². The monoisotopic (exact) mass is 645 g/mol. The van der Waals surface area contributed by atoms with Crippen LogP contribution in [0.4, 0.5) is 17.6 Å². The summed E-state index contributed by atoms with van der Waals surface area (Å²) in [5.74, 6) is -1.01. The summed E-state index contributed by atoms with van der Waals surface area (Å²) in [6.07, 6.45) is -3.98. The SMILES string of the molecule is COC(=O)c1cc(Br)ccc1CNC(c1cc(F)ccc1OC)c1ncc(C(F)(F)F)n1COCC[Si](C)(C)C. The highest BCUT2D eigenvalue weighted by atomic mass is 79.9. The van der Waals surface area contributed by atoms with Gasteiger partial charge in [0.25, 0.3) is 0 Å². The highest BCUT2D eigenvalue weighted by Crippen LogP contribution is 2.36. The number of ether oxygens (including phenoxy) is 3. The highest BCUT2D eigenvalue weighted by molar-refractivity contribution is 9.10. The Balaban J connectivity index is 2.09. The topological polar surface area (TPSA) is 74.6 Å². The van der Waals surface area contributed by atoms with E-state index < -0.39 is 44.5 Å². The zero-order chi connectivity index (χ0) is 29.7. The van der Waals surface area contributed by atoms with Gasteiger partial charge in [-0.1, -0.05) is 41.6 Å². The Morgan fingerprint density at radius 3 is 2.50 bits per heavy atom. The molecule has 40 heavy (non-hydrogen) atoms. The molecule has 13 heteroatoms. The second kappa shape index (κ2) is 13.3. The van der Waals surface area contributed by atoms with Gasteiger partial charge in [-0.15, -0.1) is 0 Å². The molecular weight excluding hydrogens is 614 g/mol. The Labute approximate surface area is 240 Å². The van der Waals surface area contributed by atoms with Crippen molar-refractivity contribution in [2.45, 2.75) is 51.2 Å². The van der Waals surface area contributed by atoms with E-state index in [1.165, 1.54) is 32.4 Å². The third-order valence-corrected chi connectivity index (χ3v) is 8.33. The molecule has 1 aromatic heterocycles. The van der Waals surface area contributed by atoms with Crippen LogP contribution >= 0.6 is 15.9 Å². The number of hydrogen-bond acceptors (Lipinski definition) is 6. The molecular formula is C27H32BrF4N3O4Si. The predicted molar refractivity (Wildman–Crippen MR) is 148 cm³/mol. The van der Waals surface area contributed by atoms with Gasteiger partial charge < -0.3 is 14.2 Å². The fourth-order valence-electron chi connectivity index (χ4n) is 4.00. The van der Waals surface area contributed by atoms with Crippen LogP contribution in [0.1, 0.15) is 39.0 Å². The molecule has 0 amide bonds. The van der Waals surface area contributed by atoms with Crippen LogP contribution in [0, 0.1) is 5.82 Å². The Morgan fingerprint density at radius 1 is 1.15 bits per heavy atom. The van der Waals surface area contributed by atoms with E-state index in [1.54, 1.807) is 18.2 Å². The molecule has 0 bridgehead atoms. The molecule has 3 aromatic rings. The van der Waals surface area contributed by atoms with Gasteiger partial charge in [-0.2, -0.15) is 13.2 Å². The number of carbonyl (C=O) groups excluding carboxylic acids is 1. The van der Waals surface area contributed by atoms with Crippen molar-refractivity contribution >= 4 is 30.0 Å². The average molecular weight is 647 g/mol. The first-order valence-electron chi connectivity index (χ1n) is 12.4. The molecule has 0 radical (unpaired) electrons. The summed E-state index contributed by atoms with van der Waals surface area (Å²) in [7, 11) is 1.14. The Morgan fingerprint density at radius 2 is 1.88 bits per heavy atom. The lowest BCUT2D eigenvalue weighted by atomic mass is 10.0. The molecule has 0 saturated heterocycles. The molecule has 2 aromatic carbocycles. The molecule has 1 atom stereocenters. The van der Waals surface area contributed by atoms with Gasteiger partial charge in [0.2, 0.25) is 0 Å². The van der Waals surface area contributed by atoms with E-state index in [0.717, 1.165) is 16.8 Å². The van der Waals surface area contributed by atoms with Crippen molar-refractivity contribution < 1.29 is 36.6 Å². The Hall–Kier alpha value is -2.74. The minimum atomic E-state index is -4.71. The van der Waals surface area contributed by atoms with Crippen molar-refractivity contribution in [3.05, 3.63) is 81.1 Å². The van der Waals surface area contributed by atoms with Gasteiger partial charge in [0, 0.05) is 31.3 Å². The van der Waals surface area contributed by atoms with Gasteiger partial charge in [-0.05, 0) is 41.9 Å². The summed E-state index contributed by atoms with van der Waals surface area (Å²) < 4.78 is 74.2. The van der Waals surface area contributed by atoms with E-state index in [0.29, 0.717) is 10.0 Å². The second-order valence-corrected chi connectivity index (χ2v) is 16.8. The molecule has 3 rings (SSSR count). The number of hydrogen-bond donors (Lipinski definition) is 1. The molecule has 0 spiro atoms. The van der Waals surface area contributed by atoms with Crippen LogP contribution in [0.25, 0.3) is 0 Å². The van der Waals surface area contributed by atoms with Crippen LogP contribution in [-0.2, 0) is 28.9 Å². The molecule has 0 fully saturated rings. The number of halogens is 5. The van der Waals surface area contributed by atoms with Crippen LogP contribution in [0.15, 0.2) is 47.1 Å². The van der Waals surface area contributed by atoms with Crippen LogP contribution in [-0.4, -0.2) is 44.4 Å². The summed E-state index contributed by atoms with van der Waals surface area (Å²) in [5, 5.41) is 3.16. The van der Waals surface area contributed by atoms with Gasteiger partial charge in [-0.3, -0.25) is 9.88 Å². The van der Waals surface area contributed by atoms with Crippen molar-refractivity contribution in [1.82, 2.24) is 14.9 Å². The molecule has 1 N–H and O–H groups in total. The summed E-state index contributed by atoms with van der Waals surface area (Å²) in [4.78, 5) is 16.5. The number of alkyl halides is 3.